The Labute approximate surface area is 241 Å². The molecule has 0 spiro atoms. The molecule has 0 bridgehead atoms. The minimum absolute atomic E-state index is 0.00133. The van der Waals surface area contributed by atoms with E-state index in [1.54, 1.807) is 14.2 Å². The van der Waals surface area contributed by atoms with Crippen molar-refractivity contribution < 1.29 is 28.8 Å². The van der Waals surface area contributed by atoms with Crippen LogP contribution in [0.25, 0.3) is 0 Å². The molecule has 0 saturated carbocycles. The van der Waals surface area contributed by atoms with Crippen molar-refractivity contribution >= 4 is 11.7 Å². The van der Waals surface area contributed by atoms with Gasteiger partial charge in [0.1, 0.15) is 0 Å². The van der Waals surface area contributed by atoms with Gasteiger partial charge in [0.05, 0.1) is 33.0 Å². The summed E-state index contributed by atoms with van der Waals surface area (Å²) in [6.45, 7) is 4.87. The van der Waals surface area contributed by atoms with Gasteiger partial charge in [-0.05, 0) is 59.9 Å². The molecule has 5 rings (SSSR count). The molecule has 1 fully saturated rings. The maximum absolute atomic E-state index is 12.1. The van der Waals surface area contributed by atoms with Crippen molar-refractivity contribution in [3.05, 3.63) is 88.5 Å². The molecule has 9 nitrogen and oxygen atoms in total. The van der Waals surface area contributed by atoms with E-state index in [-0.39, 0.29) is 24.8 Å². The van der Waals surface area contributed by atoms with Crippen molar-refractivity contribution in [1.82, 2.24) is 10.2 Å². The Kier molecular flexibility index (Phi) is 9.41. The highest BCUT2D eigenvalue weighted by molar-refractivity contribution is 5.89. The summed E-state index contributed by atoms with van der Waals surface area (Å²) >= 11 is 0. The molecule has 9 heteroatoms. The molecule has 41 heavy (non-hydrogen) atoms. The maximum Gasteiger partial charge on any atom is 0.319 e. The minimum atomic E-state index is -0.603. The van der Waals surface area contributed by atoms with Gasteiger partial charge in [0.2, 0.25) is 0 Å². The van der Waals surface area contributed by atoms with Gasteiger partial charge >= 0.3 is 6.03 Å². The molecule has 3 unspecified atom stereocenters. The Morgan fingerprint density at radius 1 is 1.00 bits per heavy atom. The molecule has 2 heterocycles. The number of urea groups is 1. The van der Waals surface area contributed by atoms with Crippen LogP contribution < -0.4 is 20.1 Å². The second-order valence-corrected chi connectivity index (χ2v) is 10.4. The Bertz CT molecular complexity index is 1330. The number of anilines is 1. The molecule has 0 aromatic heterocycles. The molecular formula is C32H39N3O6. The number of nitrogens with one attached hydrogen (secondary N) is 2. The third-order valence-corrected chi connectivity index (χ3v) is 7.63. The second kappa shape index (κ2) is 13.4. The van der Waals surface area contributed by atoms with Crippen LogP contribution in [0.3, 0.4) is 0 Å². The van der Waals surface area contributed by atoms with Crippen LogP contribution in [0.5, 0.6) is 11.5 Å². The summed E-state index contributed by atoms with van der Waals surface area (Å²) in [6.07, 6.45) is 0.739. The molecule has 3 atom stereocenters. The number of hydrogen-bond donors (Lipinski definition) is 3. The number of aliphatic hydroxyl groups is 1. The lowest BCUT2D eigenvalue weighted by Gasteiger charge is -2.39. The number of amides is 2. The molecule has 1 saturated heterocycles. The third kappa shape index (κ3) is 7.00. The molecule has 218 valence electrons. The lowest BCUT2D eigenvalue weighted by Crippen LogP contribution is -2.41. The molecular weight excluding hydrogens is 522 g/mol. The summed E-state index contributed by atoms with van der Waals surface area (Å²) in [5.41, 5.74) is 5.92. The van der Waals surface area contributed by atoms with Crippen LogP contribution in [0, 0.1) is 0 Å². The molecule has 2 aliphatic heterocycles. The van der Waals surface area contributed by atoms with Gasteiger partial charge in [-0.15, -0.1) is 0 Å². The average Bonchev–Trinajstić information content (AvgIpc) is 3.00. The van der Waals surface area contributed by atoms with E-state index >= 15 is 0 Å². The molecule has 3 aromatic rings. The fraction of sp³-hybridized carbons (Fsp3) is 0.406. The van der Waals surface area contributed by atoms with Gasteiger partial charge in [-0.3, -0.25) is 4.90 Å². The molecule has 3 N–H and O–H groups in total. The quantitative estimate of drug-likeness (QED) is 0.340. The smallest absolute Gasteiger partial charge is 0.319 e. The summed E-state index contributed by atoms with van der Waals surface area (Å²) in [7, 11) is 3.33. The van der Waals surface area contributed by atoms with E-state index < -0.39 is 6.29 Å². The molecule has 3 aromatic carbocycles. The molecule has 2 aliphatic rings. The highest BCUT2D eigenvalue weighted by Gasteiger charge is 2.34. The number of aliphatic hydroxyl groups excluding tert-OH is 1. The highest BCUT2D eigenvalue weighted by Crippen LogP contribution is 2.39. The van der Waals surface area contributed by atoms with Crippen molar-refractivity contribution in [2.75, 3.05) is 39.2 Å². The van der Waals surface area contributed by atoms with Crippen LogP contribution in [-0.2, 0) is 29.0 Å². The first-order valence-corrected chi connectivity index (χ1v) is 14.1. The summed E-state index contributed by atoms with van der Waals surface area (Å²) in [5.74, 6) is 1.50. The Balaban J connectivity index is 1.35. The van der Waals surface area contributed by atoms with E-state index in [1.165, 1.54) is 11.1 Å². The first kappa shape index (κ1) is 28.9. The Morgan fingerprint density at radius 2 is 1.76 bits per heavy atom. The number of carbonyl (C=O) groups is 1. The zero-order valence-corrected chi connectivity index (χ0v) is 23.9. The summed E-state index contributed by atoms with van der Waals surface area (Å²) < 4.78 is 24.1. The van der Waals surface area contributed by atoms with Crippen LogP contribution in [0.4, 0.5) is 10.5 Å². The molecule has 0 aliphatic carbocycles. The number of nitrogens with zero attached hydrogens (tertiary/aromatic N) is 1. The fourth-order valence-electron chi connectivity index (χ4n) is 5.52. The predicted molar refractivity (Wildman–Crippen MR) is 156 cm³/mol. The van der Waals surface area contributed by atoms with Crippen molar-refractivity contribution in [3.63, 3.8) is 0 Å². The van der Waals surface area contributed by atoms with Crippen molar-refractivity contribution in [2.45, 2.75) is 51.4 Å². The largest absolute Gasteiger partial charge is 0.493 e. The van der Waals surface area contributed by atoms with Crippen LogP contribution >= 0.6 is 0 Å². The van der Waals surface area contributed by atoms with Gasteiger partial charge in [-0.2, -0.15) is 0 Å². The number of hydrogen-bond acceptors (Lipinski definition) is 7. The number of benzene rings is 3. The fourth-order valence-corrected chi connectivity index (χ4v) is 5.52. The molecule has 0 radical (unpaired) electrons. The van der Waals surface area contributed by atoms with Crippen LogP contribution in [-0.4, -0.2) is 56.0 Å². The molecule has 2 amide bonds. The first-order chi connectivity index (χ1) is 20.0. The minimum Gasteiger partial charge on any atom is -0.493 e. The summed E-state index contributed by atoms with van der Waals surface area (Å²) in [5, 5.41) is 15.1. The van der Waals surface area contributed by atoms with Crippen LogP contribution in [0.15, 0.2) is 60.7 Å². The van der Waals surface area contributed by atoms with E-state index in [1.807, 2.05) is 55.5 Å². The number of fused-ring (bicyclic) bond motifs is 1. The van der Waals surface area contributed by atoms with Crippen molar-refractivity contribution in [1.29, 1.82) is 0 Å². The predicted octanol–water partition coefficient (Wildman–Crippen LogP) is 4.94. The standard InChI is InChI=1S/C32H39N3O6/c1-4-33-32(37)34-26-7-5-6-24(14-26)31-40-27(17-28(41-31)22-10-8-21(20-36)9-11-22)19-35-13-12-23-15-29(38-2)30(39-3)16-25(23)18-35/h5-11,14-16,27-28,31,36H,4,12-13,17-20H2,1-3H3,(H2,33,34,37). The number of rotatable bonds is 9. The highest BCUT2D eigenvalue weighted by atomic mass is 16.7. The van der Waals surface area contributed by atoms with E-state index in [4.69, 9.17) is 18.9 Å². The number of carbonyl (C=O) groups excluding carboxylic acids is 1. The second-order valence-electron chi connectivity index (χ2n) is 10.4. The summed E-state index contributed by atoms with van der Waals surface area (Å²) in [4.78, 5) is 14.5. The van der Waals surface area contributed by atoms with Crippen molar-refractivity contribution in [2.24, 2.45) is 0 Å². The van der Waals surface area contributed by atoms with Crippen LogP contribution in [0.1, 0.15) is 53.6 Å². The number of methoxy groups -OCH3 is 2. The van der Waals surface area contributed by atoms with Crippen molar-refractivity contribution in [3.8, 4) is 11.5 Å². The maximum atomic E-state index is 12.1. The van der Waals surface area contributed by atoms with Gasteiger partial charge in [0.25, 0.3) is 0 Å². The normalized spacial score (nSPS) is 20.6. The SMILES string of the molecule is CCNC(=O)Nc1cccc(C2OC(CN3CCc4cc(OC)c(OC)cc4C3)CC(c3ccc(CO)cc3)O2)c1. The monoisotopic (exact) mass is 561 g/mol. The van der Waals surface area contributed by atoms with E-state index in [0.29, 0.717) is 18.7 Å². The Hall–Kier alpha value is -3.63. The zero-order valence-electron chi connectivity index (χ0n) is 23.9. The van der Waals surface area contributed by atoms with Gasteiger partial charge in [0, 0.05) is 43.9 Å². The van der Waals surface area contributed by atoms with Crippen LogP contribution in [0.2, 0.25) is 0 Å². The zero-order chi connectivity index (χ0) is 28.8. The van der Waals surface area contributed by atoms with E-state index in [0.717, 1.165) is 54.2 Å². The third-order valence-electron chi connectivity index (χ3n) is 7.63. The van der Waals surface area contributed by atoms with Gasteiger partial charge in [0.15, 0.2) is 17.8 Å². The van der Waals surface area contributed by atoms with Gasteiger partial charge in [-0.25, -0.2) is 4.79 Å². The lowest BCUT2D eigenvalue weighted by atomic mass is 9.97. The van der Waals surface area contributed by atoms with E-state index in [2.05, 4.69) is 27.7 Å². The summed E-state index contributed by atoms with van der Waals surface area (Å²) in [6, 6.07) is 19.4. The average molecular weight is 562 g/mol. The van der Waals surface area contributed by atoms with Gasteiger partial charge < -0.3 is 34.7 Å². The topological polar surface area (TPSA) is 102 Å². The van der Waals surface area contributed by atoms with E-state index in [9.17, 15) is 9.90 Å². The number of ether oxygens (including phenoxy) is 4. The van der Waals surface area contributed by atoms with Gasteiger partial charge in [-0.1, -0.05) is 36.4 Å². The lowest BCUT2D eigenvalue weighted by molar-refractivity contribution is -0.253. The Morgan fingerprint density at radius 3 is 2.46 bits per heavy atom. The first-order valence-electron chi connectivity index (χ1n) is 14.1.